The van der Waals surface area contributed by atoms with E-state index in [9.17, 15) is 26.8 Å². The van der Waals surface area contributed by atoms with Gasteiger partial charge in [-0.05, 0) is 48.2 Å². The lowest BCUT2D eigenvalue weighted by molar-refractivity contribution is -0.125. The molecule has 1 aliphatic heterocycles. The number of nitriles is 1. The van der Waals surface area contributed by atoms with Crippen LogP contribution in [0.1, 0.15) is 19.3 Å². The Morgan fingerprint density at radius 2 is 1.84 bits per heavy atom. The van der Waals surface area contributed by atoms with Gasteiger partial charge < -0.3 is 11.1 Å². The van der Waals surface area contributed by atoms with Gasteiger partial charge in [-0.25, -0.2) is 17.2 Å². The molecule has 3 N–H and O–H groups in total. The van der Waals surface area contributed by atoms with Gasteiger partial charge in [-0.2, -0.15) is 9.57 Å². The van der Waals surface area contributed by atoms with Crippen LogP contribution in [0, 0.1) is 23.0 Å². The van der Waals surface area contributed by atoms with E-state index in [-0.39, 0.29) is 13.0 Å². The fourth-order valence-electron chi connectivity index (χ4n) is 3.55. The second-order valence-corrected chi connectivity index (χ2v) is 9.15. The molecular formula is C21H20F2N4O4S. The summed E-state index contributed by atoms with van der Waals surface area (Å²) in [6, 6.07) is 8.19. The van der Waals surface area contributed by atoms with Gasteiger partial charge in [0.05, 0.1) is 12.5 Å². The molecule has 8 nitrogen and oxygen atoms in total. The van der Waals surface area contributed by atoms with Crippen LogP contribution in [0.2, 0.25) is 0 Å². The number of benzene rings is 2. The summed E-state index contributed by atoms with van der Waals surface area (Å²) in [4.78, 5) is 23.0. The van der Waals surface area contributed by atoms with Crippen LogP contribution < -0.4 is 11.1 Å². The van der Waals surface area contributed by atoms with Gasteiger partial charge in [0.2, 0.25) is 21.8 Å². The highest BCUT2D eigenvalue weighted by molar-refractivity contribution is 7.89. The average molecular weight is 462 g/mol. The molecule has 1 saturated heterocycles. The van der Waals surface area contributed by atoms with Crippen molar-refractivity contribution in [2.24, 2.45) is 5.73 Å². The molecule has 3 rings (SSSR count). The summed E-state index contributed by atoms with van der Waals surface area (Å²) < 4.78 is 55.0. The molecule has 0 unspecified atom stereocenters. The summed E-state index contributed by atoms with van der Waals surface area (Å²) >= 11 is 0. The fourth-order valence-corrected chi connectivity index (χ4v) is 5.25. The van der Waals surface area contributed by atoms with Crippen LogP contribution >= 0.6 is 0 Å². The predicted octanol–water partition coefficient (Wildman–Crippen LogP) is 1.67. The SMILES string of the molecule is N#C[C@H](CC(N)=O)NC(=O)[C@@H]1CCCN1S(=O)(=O)c1ccc(-c2ccc(F)cc2)cc1F. The number of nitrogens with one attached hydrogen (secondary N) is 1. The van der Waals surface area contributed by atoms with Crippen molar-refractivity contribution in [2.45, 2.75) is 36.2 Å². The Balaban J connectivity index is 1.84. The van der Waals surface area contributed by atoms with Crippen molar-refractivity contribution in [3.05, 3.63) is 54.1 Å². The van der Waals surface area contributed by atoms with E-state index in [1.54, 1.807) is 6.07 Å². The van der Waals surface area contributed by atoms with E-state index in [0.29, 0.717) is 17.5 Å². The highest BCUT2D eigenvalue weighted by atomic mass is 32.2. The predicted molar refractivity (Wildman–Crippen MR) is 110 cm³/mol. The number of sulfonamides is 1. The highest BCUT2D eigenvalue weighted by Crippen LogP contribution is 2.30. The number of primary amides is 1. The van der Waals surface area contributed by atoms with E-state index in [2.05, 4.69) is 5.32 Å². The quantitative estimate of drug-likeness (QED) is 0.646. The van der Waals surface area contributed by atoms with Gasteiger partial charge in [0.15, 0.2) is 0 Å². The first-order valence-electron chi connectivity index (χ1n) is 9.69. The van der Waals surface area contributed by atoms with E-state index in [4.69, 9.17) is 11.0 Å². The molecular weight excluding hydrogens is 442 g/mol. The smallest absolute Gasteiger partial charge is 0.246 e. The number of halogens is 2. The number of carbonyl (C=O) groups is 2. The topological polar surface area (TPSA) is 133 Å². The maximum Gasteiger partial charge on any atom is 0.246 e. The van der Waals surface area contributed by atoms with Crippen molar-refractivity contribution in [1.82, 2.24) is 9.62 Å². The number of hydrogen-bond donors (Lipinski definition) is 2. The molecule has 0 bridgehead atoms. The monoisotopic (exact) mass is 462 g/mol. The molecule has 2 aromatic carbocycles. The summed E-state index contributed by atoms with van der Waals surface area (Å²) in [6.07, 6.45) is 0.121. The third-order valence-corrected chi connectivity index (χ3v) is 7.02. The van der Waals surface area contributed by atoms with Crippen molar-refractivity contribution < 1.29 is 26.8 Å². The van der Waals surface area contributed by atoms with Gasteiger partial charge in [0.1, 0.15) is 28.6 Å². The lowest BCUT2D eigenvalue weighted by Gasteiger charge is -2.24. The van der Waals surface area contributed by atoms with Crippen molar-refractivity contribution in [1.29, 1.82) is 5.26 Å². The number of nitrogens with two attached hydrogens (primary N) is 1. The van der Waals surface area contributed by atoms with Gasteiger partial charge in [-0.1, -0.05) is 18.2 Å². The Hall–Kier alpha value is -3.36. The summed E-state index contributed by atoms with van der Waals surface area (Å²) in [6.45, 7) is -0.00733. The molecule has 0 spiro atoms. The van der Waals surface area contributed by atoms with Crippen molar-refractivity contribution in [3.63, 3.8) is 0 Å². The number of amides is 2. The number of carbonyl (C=O) groups excluding carboxylic acids is 2. The van der Waals surface area contributed by atoms with E-state index in [1.165, 1.54) is 30.3 Å². The molecule has 2 atom stereocenters. The maximum absolute atomic E-state index is 14.8. The Morgan fingerprint density at radius 3 is 2.44 bits per heavy atom. The van der Waals surface area contributed by atoms with E-state index in [1.807, 2.05) is 0 Å². The second kappa shape index (κ2) is 9.42. The molecule has 0 radical (unpaired) electrons. The minimum absolute atomic E-state index is 0.00733. The zero-order chi connectivity index (χ0) is 23.5. The Labute approximate surface area is 183 Å². The Morgan fingerprint density at radius 1 is 1.19 bits per heavy atom. The summed E-state index contributed by atoms with van der Waals surface area (Å²) in [7, 11) is -4.37. The van der Waals surface area contributed by atoms with Crippen molar-refractivity contribution in [2.75, 3.05) is 6.54 Å². The molecule has 0 aliphatic carbocycles. The normalized spacial score (nSPS) is 17.5. The van der Waals surface area contributed by atoms with E-state index < -0.39 is 56.9 Å². The first-order chi connectivity index (χ1) is 15.1. The van der Waals surface area contributed by atoms with Crippen LogP contribution in [0.15, 0.2) is 47.4 Å². The number of rotatable bonds is 7. The summed E-state index contributed by atoms with van der Waals surface area (Å²) in [5.41, 5.74) is 5.91. The van der Waals surface area contributed by atoms with Crippen LogP contribution in [0.4, 0.5) is 8.78 Å². The molecule has 168 valence electrons. The first-order valence-corrected chi connectivity index (χ1v) is 11.1. The lowest BCUT2D eigenvalue weighted by atomic mass is 10.1. The molecule has 11 heteroatoms. The van der Waals surface area contributed by atoms with Gasteiger partial charge in [0.25, 0.3) is 0 Å². The maximum atomic E-state index is 14.8. The molecule has 1 heterocycles. The first kappa shape index (κ1) is 23.3. The molecule has 0 aromatic heterocycles. The van der Waals surface area contributed by atoms with Gasteiger partial charge in [-0.3, -0.25) is 9.59 Å². The minimum Gasteiger partial charge on any atom is -0.370 e. The molecule has 1 aliphatic rings. The zero-order valence-corrected chi connectivity index (χ0v) is 17.6. The molecule has 1 fully saturated rings. The zero-order valence-electron chi connectivity index (χ0n) is 16.8. The second-order valence-electron chi connectivity index (χ2n) is 7.29. The van der Waals surface area contributed by atoms with E-state index in [0.717, 1.165) is 16.4 Å². The van der Waals surface area contributed by atoms with Gasteiger partial charge >= 0.3 is 0 Å². The third-order valence-electron chi connectivity index (χ3n) is 5.08. The van der Waals surface area contributed by atoms with Crippen LogP contribution in [0.5, 0.6) is 0 Å². The fraction of sp³-hybridized carbons (Fsp3) is 0.286. The van der Waals surface area contributed by atoms with Crippen molar-refractivity contribution >= 4 is 21.8 Å². The number of nitrogens with zero attached hydrogens (tertiary/aromatic N) is 2. The van der Waals surface area contributed by atoms with Crippen LogP contribution in [0.25, 0.3) is 11.1 Å². The standard InChI is InChI=1S/C21H20F2N4O4S/c22-15-6-3-13(4-7-15)14-5-8-19(17(23)10-14)32(30,31)27-9-1-2-18(27)21(29)26-16(12-24)11-20(25)28/h3-8,10,16,18H,1-2,9,11H2,(H2,25,28)(H,26,29)/t16-,18-/m0/s1. The Bertz CT molecular complexity index is 1180. The Kier molecular flexibility index (Phi) is 6.86. The third kappa shape index (κ3) is 4.92. The highest BCUT2D eigenvalue weighted by Gasteiger charge is 2.41. The van der Waals surface area contributed by atoms with Gasteiger partial charge in [0, 0.05) is 6.54 Å². The van der Waals surface area contributed by atoms with Crippen LogP contribution in [-0.4, -0.2) is 43.2 Å². The molecule has 0 saturated carbocycles. The summed E-state index contributed by atoms with van der Waals surface area (Å²) in [5.74, 6) is -3.03. The van der Waals surface area contributed by atoms with Crippen LogP contribution in [-0.2, 0) is 19.6 Å². The van der Waals surface area contributed by atoms with Crippen molar-refractivity contribution in [3.8, 4) is 17.2 Å². The van der Waals surface area contributed by atoms with Crippen LogP contribution in [0.3, 0.4) is 0 Å². The minimum atomic E-state index is -4.37. The van der Waals surface area contributed by atoms with Gasteiger partial charge in [-0.15, -0.1) is 0 Å². The van der Waals surface area contributed by atoms with E-state index >= 15 is 0 Å². The molecule has 2 aromatic rings. The summed E-state index contributed by atoms with van der Waals surface area (Å²) in [5, 5.41) is 11.4. The average Bonchev–Trinajstić information content (AvgIpc) is 3.24. The molecule has 32 heavy (non-hydrogen) atoms. The lowest BCUT2D eigenvalue weighted by Crippen LogP contribution is -2.49. The largest absolute Gasteiger partial charge is 0.370 e. The number of hydrogen-bond acceptors (Lipinski definition) is 5. The molecule has 2 amide bonds.